The number of benzene rings is 2. The van der Waals surface area contributed by atoms with Gasteiger partial charge in [-0.05, 0) is 23.3 Å². The van der Waals surface area contributed by atoms with Crippen LogP contribution in [0.25, 0.3) is 11.1 Å². The average molecular weight is 214 g/mol. The lowest BCUT2D eigenvalue weighted by Gasteiger charge is -2.09. The highest BCUT2D eigenvalue weighted by Gasteiger charge is 2.05. The lowest BCUT2D eigenvalue weighted by Crippen LogP contribution is -1.90. The zero-order valence-electron chi connectivity index (χ0n) is 9.44. The van der Waals surface area contributed by atoms with Crippen molar-refractivity contribution >= 4 is 0 Å². The molecular weight excluding hydrogens is 200 g/mol. The Labute approximate surface area is 95.4 Å². The lowest BCUT2D eigenvalue weighted by atomic mass is 10.1. The maximum Gasteiger partial charge on any atom is 0.161 e. The van der Waals surface area contributed by atoms with Crippen LogP contribution in [-0.2, 0) is 0 Å². The summed E-state index contributed by atoms with van der Waals surface area (Å²) in [5.74, 6) is 1.51. The van der Waals surface area contributed by atoms with E-state index in [0.29, 0.717) is 0 Å². The predicted octanol–water partition coefficient (Wildman–Crippen LogP) is 3.37. The Hall–Kier alpha value is -1.96. The molecule has 2 rings (SSSR count). The molecule has 0 unspecified atom stereocenters. The van der Waals surface area contributed by atoms with E-state index in [4.69, 9.17) is 9.47 Å². The van der Waals surface area contributed by atoms with Gasteiger partial charge < -0.3 is 9.47 Å². The summed E-state index contributed by atoms with van der Waals surface area (Å²) >= 11 is 0. The second-order valence-corrected chi connectivity index (χ2v) is 3.44. The van der Waals surface area contributed by atoms with Crippen LogP contribution in [0.15, 0.2) is 48.5 Å². The highest BCUT2D eigenvalue weighted by atomic mass is 16.5. The van der Waals surface area contributed by atoms with E-state index < -0.39 is 0 Å². The van der Waals surface area contributed by atoms with Crippen molar-refractivity contribution < 1.29 is 9.47 Å². The van der Waals surface area contributed by atoms with Gasteiger partial charge in [0.1, 0.15) is 0 Å². The van der Waals surface area contributed by atoms with Gasteiger partial charge in [-0.15, -0.1) is 0 Å². The van der Waals surface area contributed by atoms with E-state index in [9.17, 15) is 0 Å². The molecule has 0 amide bonds. The summed E-state index contributed by atoms with van der Waals surface area (Å²) in [6.07, 6.45) is 0. The van der Waals surface area contributed by atoms with Crippen molar-refractivity contribution in [3.63, 3.8) is 0 Å². The Morgan fingerprint density at radius 1 is 0.688 bits per heavy atom. The number of hydrogen-bond acceptors (Lipinski definition) is 2. The van der Waals surface area contributed by atoms with Gasteiger partial charge >= 0.3 is 0 Å². The molecule has 0 saturated carbocycles. The van der Waals surface area contributed by atoms with Gasteiger partial charge in [-0.25, -0.2) is 0 Å². The first kappa shape index (κ1) is 10.6. The van der Waals surface area contributed by atoms with Gasteiger partial charge in [-0.1, -0.05) is 36.4 Å². The molecule has 0 spiro atoms. The minimum atomic E-state index is 0.752. The SMILES string of the molecule is COc1ccc(-c2ccccc2)cc1OC. The Morgan fingerprint density at radius 2 is 1.38 bits per heavy atom. The van der Waals surface area contributed by atoms with Gasteiger partial charge in [0.25, 0.3) is 0 Å². The molecule has 16 heavy (non-hydrogen) atoms. The summed E-state index contributed by atoms with van der Waals surface area (Å²) < 4.78 is 10.5. The van der Waals surface area contributed by atoms with Gasteiger partial charge in [0, 0.05) is 0 Å². The fraction of sp³-hybridized carbons (Fsp3) is 0.143. The van der Waals surface area contributed by atoms with Gasteiger partial charge in [0.2, 0.25) is 0 Å². The Kier molecular flexibility index (Phi) is 3.10. The van der Waals surface area contributed by atoms with E-state index in [0.717, 1.165) is 17.1 Å². The molecule has 0 bridgehead atoms. The van der Waals surface area contributed by atoms with Crippen LogP contribution < -0.4 is 9.47 Å². The average Bonchev–Trinajstić information content (AvgIpc) is 2.39. The highest BCUT2D eigenvalue weighted by molar-refractivity contribution is 5.67. The summed E-state index contributed by atoms with van der Waals surface area (Å²) in [5, 5.41) is 0. The van der Waals surface area contributed by atoms with E-state index in [1.807, 2.05) is 36.4 Å². The van der Waals surface area contributed by atoms with Crippen molar-refractivity contribution in [2.45, 2.75) is 0 Å². The molecule has 0 saturated heterocycles. The molecule has 0 aromatic heterocycles. The molecule has 2 nitrogen and oxygen atoms in total. The molecule has 2 aromatic carbocycles. The molecule has 0 radical (unpaired) electrons. The molecule has 0 fully saturated rings. The van der Waals surface area contributed by atoms with E-state index in [-0.39, 0.29) is 0 Å². The van der Waals surface area contributed by atoms with Crippen LogP contribution in [0, 0.1) is 0 Å². The van der Waals surface area contributed by atoms with Crippen molar-refractivity contribution in [1.29, 1.82) is 0 Å². The smallest absolute Gasteiger partial charge is 0.161 e. The van der Waals surface area contributed by atoms with Crippen molar-refractivity contribution in [2.24, 2.45) is 0 Å². The van der Waals surface area contributed by atoms with E-state index in [1.165, 1.54) is 5.56 Å². The summed E-state index contributed by atoms with van der Waals surface area (Å²) in [6, 6.07) is 16.1. The third-order valence-corrected chi connectivity index (χ3v) is 2.49. The molecule has 2 heteroatoms. The van der Waals surface area contributed by atoms with E-state index in [2.05, 4.69) is 12.1 Å². The number of hydrogen-bond donors (Lipinski definition) is 0. The normalized spacial score (nSPS) is 9.88. The van der Waals surface area contributed by atoms with Gasteiger partial charge in [0.15, 0.2) is 11.5 Å². The maximum atomic E-state index is 5.27. The highest BCUT2D eigenvalue weighted by Crippen LogP contribution is 2.31. The lowest BCUT2D eigenvalue weighted by molar-refractivity contribution is 0.355. The second-order valence-electron chi connectivity index (χ2n) is 3.44. The first-order valence-electron chi connectivity index (χ1n) is 5.12. The summed E-state index contributed by atoms with van der Waals surface area (Å²) in [5.41, 5.74) is 2.29. The molecule has 2 aromatic rings. The molecule has 0 atom stereocenters. The number of ether oxygens (including phenoxy) is 2. The van der Waals surface area contributed by atoms with Crippen LogP contribution in [0.1, 0.15) is 0 Å². The van der Waals surface area contributed by atoms with Gasteiger partial charge in [-0.3, -0.25) is 0 Å². The van der Waals surface area contributed by atoms with Crippen molar-refractivity contribution in [3.05, 3.63) is 48.5 Å². The first-order valence-corrected chi connectivity index (χ1v) is 5.12. The molecule has 0 aliphatic rings. The van der Waals surface area contributed by atoms with Crippen LogP contribution in [0.2, 0.25) is 0 Å². The second kappa shape index (κ2) is 4.71. The molecule has 0 aliphatic carbocycles. The molecule has 0 heterocycles. The minimum absolute atomic E-state index is 0.752. The van der Waals surface area contributed by atoms with Crippen LogP contribution in [0.5, 0.6) is 11.5 Å². The van der Waals surface area contributed by atoms with Crippen LogP contribution in [0.3, 0.4) is 0 Å². The Morgan fingerprint density at radius 3 is 2.00 bits per heavy atom. The Balaban J connectivity index is 2.44. The monoisotopic (exact) mass is 214 g/mol. The maximum absolute atomic E-state index is 5.27. The molecule has 0 N–H and O–H groups in total. The quantitative estimate of drug-likeness (QED) is 0.779. The standard InChI is InChI=1S/C14H14O2/c1-15-13-9-8-12(10-14(13)16-2)11-6-4-3-5-7-11/h3-10H,1-2H3. The van der Waals surface area contributed by atoms with Gasteiger partial charge in [0.05, 0.1) is 14.2 Å². The zero-order valence-corrected chi connectivity index (χ0v) is 9.44. The van der Waals surface area contributed by atoms with Crippen molar-refractivity contribution in [2.75, 3.05) is 14.2 Å². The number of methoxy groups -OCH3 is 2. The van der Waals surface area contributed by atoms with Crippen molar-refractivity contribution in [3.8, 4) is 22.6 Å². The van der Waals surface area contributed by atoms with Gasteiger partial charge in [-0.2, -0.15) is 0 Å². The minimum Gasteiger partial charge on any atom is -0.493 e. The Bertz CT molecular complexity index is 463. The van der Waals surface area contributed by atoms with Crippen LogP contribution in [-0.4, -0.2) is 14.2 Å². The summed E-state index contributed by atoms with van der Waals surface area (Å²) in [4.78, 5) is 0. The third kappa shape index (κ3) is 2.01. The van der Waals surface area contributed by atoms with E-state index in [1.54, 1.807) is 14.2 Å². The van der Waals surface area contributed by atoms with Crippen LogP contribution in [0.4, 0.5) is 0 Å². The first-order chi connectivity index (χ1) is 7.85. The predicted molar refractivity (Wildman–Crippen MR) is 65.0 cm³/mol. The number of rotatable bonds is 3. The fourth-order valence-electron chi connectivity index (χ4n) is 1.65. The fourth-order valence-corrected chi connectivity index (χ4v) is 1.65. The van der Waals surface area contributed by atoms with E-state index >= 15 is 0 Å². The van der Waals surface area contributed by atoms with Crippen molar-refractivity contribution in [1.82, 2.24) is 0 Å². The molecule has 82 valence electrons. The summed E-state index contributed by atoms with van der Waals surface area (Å²) in [7, 11) is 3.28. The largest absolute Gasteiger partial charge is 0.493 e. The summed E-state index contributed by atoms with van der Waals surface area (Å²) in [6.45, 7) is 0. The van der Waals surface area contributed by atoms with Crippen LogP contribution >= 0.6 is 0 Å². The zero-order chi connectivity index (χ0) is 11.4. The third-order valence-electron chi connectivity index (χ3n) is 2.49. The topological polar surface area (TPSA) is 18.5 Å². The molecular formula is C14H14O2. The molecule has 0 aliphatic heterocycles.